The quantitative estimate of drug-likeness (QED) is 0.596. The molecule has 2 atom stereocenters. The zero-order valence-electron chi connectivity index (χ0n) is 20.7. The number of amides is 1. The highest BCUT2D eigenvalue weighted by Gasteiger charge is 2.41. The van der Waals surface area contributed by atoms with E-state index in [4.69, 9.17) is 14.0 Å². The Labute approximate surface area is 213 Å². The number of aryl methyl sites for hydroxylation is 1. The van der Waals surface area contributed by atoms with Crippen LogP contribution in [-0.4, -0.2) is 63.4 Å². The van der Waals surface area contributed by atoms with Gasteiger partial charge in [-0.1, -0.05) is 29.4 Å². The van der Waals surface area contributed by atoms with E-state index < -0.39 is 29.7 Å². The van der Waals surface area contributed by atoms with Crippen molar-refractivity contribution in [3.8, 4) is 11.4 Å². The second-order valence-corrected chi connectivity index (χ2v) is 10.5. The van der Waals surface area contributed by atoms with Gasteiger partial charge in [0.2, 0.25) is 11.7 Å². The molecule has 1 amide bonds. The molecule has 190 valence electrons. The number of Topliss-reactive ketones (excluding diaryl/α,β-unsaturated/α-hetero) is 1. The zero-order chi connectivity index (χ0) is 26.0. The minimum Gasteiger partial charge on any atom is -0.465 e. The van der Waals surface area contributed by atoms with Crippen LogP contribution in [0.25, 0.3) is 11.4 Å². The van der Waals surface area contributed by atoms with E-state index >= 15 is 0 Å². The monoisotopic (exact) mass is 512 g/mol. The van der Waals surface area contributed by atoms with Crippen molar-refractivity contribution in [3.63, 3.8) is 0 Å². The third-order valence-corrected chi connectivity index (χ3v) is 6.62. The van der Waals surface area contributed by atoms with Gasteiger partial charge in [0, 0.05) is 35.9 Å². The molecule has 2 aliphatic rings. The lowest BCUT2D eigenvalue weighted by molar-refractivity contribution is -0.136. The Morgan fingerprint density at radius 2 is 1.97 bits per heavy atom. The number of carbonyl (C=O) groups excluding carboxylic acids is 3. The highest BCUT2D eigenvalue weighted by Crippen LogP contribution is 2.36. The molecule has 0 saturated carbocycles. The summed E-state index contributed by atoms with van der Waals surface area (Å²) in [5.74, 6) is 0.637. The van der Waals surface area contributed by atoms with E-state index in [1.165, 1.54) is 18.9 Å². The first kappa shape index (κ1) is 25.5. The van der Waals surface area contributed by atoms with E-state index in [1.54, 1.807) is 44.9 Å². The normalized spacial score (nSPS) is 19.7. The van der Waals surface area contributed by atoms with Gasteiger partial charge in [-0.2, -0.15) is 4.98 Å². The van der Waals surface area contributed by atoms with Crippen LogP contribution in [0.4, 0.5) is 4.79 Å². The molecule has 1 saturated heterocycles. The van der Waals surface area contributed by atoms with Crippen LogP contribution in [-0.2, 0) is 25.6 Å². The fourth-order valence-electron chi connectivity index (χ4n) is 3.88. The van der Waals surface area contributed by atoms with Gasteiger partial charge in [0.25, 0.3) is 0 Å². The Morgan fingerprint density at radius 1 is 1.25 bits per heavy atom. The fraction of sp³-hybridized carbons (Fsp3) is 0.400. The molecule has 0 aliphatic carbocycles. The summed E-state index contributed by atoms with van der Waals surface area (Å²) in [6.07, 6.45) is 2.67. The van der Waals surface area contributed by atoms with Crippen LogP contribution in [0.15, 0.2) is 51.5 Å². The number of ether oxygens (including phenoxy) is 2. The number of fused-ring (bicyclic) bond motifs is 1. The SMILES string of the molecule is COC(=O)C1=CN(Cc2ccc(-c3noc(C)n3)cc2)C2C(=O)[C@@H](NC(=O)OC(C)(C)C)CSC2=C1. The number of esters is 1. The molecule has 2 aliphatic heterocycles. The third kappa shape index (κ3) is 5.78. The van der Waals surface area contributed by atoms with Gasteiger partial charge >= 0.3 is 12.1 Å². The van der Waals surface area contributed by atoms with Crippen molar-refractivity contribution in [1.29, 1.82) is 0 Å². The molecule has 2 aromatic rings. The summed E-state index contributed by atoms with van der Waals surface area (Å²) < 4.78 is 15.3. The van der Waals surface area contributed by atoms with Crippen LogP contribution >= 0.6 is 11.8 Å². The van der Waals surface area contributed by atoms with E-state index in [2.05, 4.69) is 15.5 Å². The molecule has 3 heterocycles. The van der Waals surface area contributed by atoms with Crippen molar-refractivity contribution in [1.82, 2.24) is 20.4 Å². The molecule has 1 aromatic heterocycles. The van der Waals surface area contributed by atoms with Crippen molar-refractivity contribution < 1.29 is 28.4 Å². The van der Waals surface area contributed by atoms with Gasteiger partial charge in [0.05, 0.1) is 12.7 Å². The van der Waals surface area contributed by atoms with Crippen LogP contribution < -0.4 is 5.32 Å². The number of alkyl carbamates (subject to hydrolysis) is 1. The summed E-state index contributed by atoms with van der Waals surface area (Å²) in [6.45, 7) is 7.36. The number of thioether (sulfide) groups is 1. The highest BCUT2D eigenvalue weighted by molar-refractivity contribution is 8.03. The number of nitrogens with zero attached hydrogens (tertiary/aromatic N) is 3. The molecule has 11 heteroatoms. The molecule has 0 bridgehead atoms. The molecule has 1 unspecified atom stereocenters. The second kappa shape index (κ2) is 10.2. The molecular weight excluding hydrogens is 484 g/mol. The summed E-state index contributed by atoms with van der Waals surface area (Å²) in [7, 11) is 1.32. The van der Waals surface area contributed by atoms with E-state index in [0.717, 1.165) is 16.0 Å². The molecule has 1 fully saturated rings. The number of benzene rings is 1. The molecule has 10 nitrogen and oxygen atoms in total. The first-order chi connectivity index (χ1) is 17.0. The smallest absolute Gasteiger partial charge is 0.408 e. The lowest BCUT2D eigenvalue weighted by atomic mass is 9.98. The summed E-state index contributed by atoms with van der Waals surface area (Å²) in [4.78, 5) is 44.9. The number of ketones is 1. The van der Waals surface area contributed by atoms with Gasteiger partial charge in [0.1, 0.15) is 17.7 Å². The average molecular weight is 513 g/mol. The van der Waals surface area contributed by atoms with E-state index in [1.807, 2.05) is 24.3 Å². The van der Waals surface area contributed by atoms with Crippen molar-refractivity contribution in [2.24, 2.45) is 0 Å². The van der Waals surface area contributed by atoms with Gasteiger partial charge < -0.3 is 24.2 Å². The summed E-state index contributed by atoms with van der Waals surface area (Å²) in [6, 6.07) is 6.16. The lowest BCUT2D eigenvalue weighted by Crippen LogP contribution is -2.55. The fourth-order valence-corrected chi connectivity index (χ4v) is 5.10. The Balaban J connectivity index is 1.56. The predicted molar refractivity (Wildman–Crippen MR) is 133 cm³/mol. The van der Waals surface area contributed by atoms with E-state index in [0.29, 0.717) is 29.6 Å². The molecule has 36 heavy (non-hydrogen) atoms. The summed E-state index contributed by atoms with van der Waals surface area (Å²) in [5.41, 5.74) is 1.37. The first-order valence-corrected chi connectivity index (χ1v) is 12.4. The molecule has 1 aromatic carbocycles. The molecule has 0 radical (unpaired) electrons. The Hall–Kier alpha value is -3.60. The summed E-state index contributed by atoms with van der Waals surface area (Å²) in [5, 5.41) is 6.63. The van der Waals surface area contributed by atoms with Gasteiger partial charge in [0.15, 0.2) is 5.78 Å². The topological polar surface area (TPSA) is 124 Å². The zero-order valence-corrected chi connectivity index (χ0v) is 21.5. The maximum Gasteiger partial charge on any atom is 0.408 e. The van der Waals surface area contributed by atoms with Gasteiger partial charge in [-0.05, 0) is 32.4 Å². The van der Waals surface area contributed by atoms with E-state index in [-0.39, 0.29) is 5.78 Å². The number of nitrogens with one attached hydrogen (secondary N) is 1. The van der Waals surface area contributed by atoms with Crippen molar-refractivity contribution >= 4 is 29.6 Å². The van der Waals surface area contributed by atoms with Gasteiger partial charge in [-0.25, -0.2) is 9.59 Å². The second-order valence-electron chi connectivity index (χ2n) is 9.44. The number of hydrogen-bond acceptors (Lipinski definition) is 10. The van der Waals surface area contributed by atoms with Crippen molar-refractivity contribution in [2.75, 3.05) is 12.9 Å². The Bertz CT molecular complexity index is 1230. The number of rotatable bonds is 5. The lowest BCUT2D eigenvalue weighted by Gasteiger charge is -2.39. The number of hydrogen-bond donors (Lipinski definition) is 1. The Morgan fingerprint density at radius 3 is 2.58 bits per heavy atom. The van der Waals surface area contributed by atoms with Gasteiger partial charge in [-0.15, -0.1) is 11.8 Å². The van der Waals surface area contributed by atoms with Crippen LogP contribution in [0.2, 0.25) is 0 Å². The van der Waals surface area contributed by atoms with Crippen molar-refractivity contribution in [2.45, 2.75) is 51.9 Å². The minimum atomic E-state index is -0.730. The van der Waals surface area contributed by atoms with Crippen molar-refractivity contribution in [3.05, 3.63) is 58.5 Å². The van der Waals surface area contributed by atoms with Crippen LogP contribution in [0, 0.1) is 6.92 Å². The molecule has 0 spiro atoms. The van der Waals surface area contributed by atoms with E-state index in [9.17, 15) is 14.4 Å². The van der Waals surface area contributed by atoms with Crippen LogP contribution in [0.3, 0.4) is 0 Å². The van der Waals surface area contributed by atoms with Crippen LogP contribution in [0.1, 0.15) is 32.2 Å². The predicted octanol–water partition coefficient (Wildman–Crippen LogP) is 3.38. The molecule has 1 N–H and O–H groups in total. The maximum atomic E-state index is 13.5. The first-order valence-electron chi connectivity index (χ1n) is 11.4. The molecule has 4 rings (SSSR count). The maximum absolute atomic E-state index is 13.5. The number of carbonyl (C=O) groups is 3. The minimum absolute atomic E-state index is 0.176. The molecular formula is C25H28N4O6S. The largest absolute Gasteiger partial charge is 0.465 e. The standard InChI is InChI=1S/C25H28N4O6S/c1-14-26-22(28-35-14)16-8-6-15(7-9-16)11-29-12-17(23(31)33-5)10-19-20(29)21(30)18(13-36-19)27-24(32)34-25(2,3)4/h6-10,12,18,20H,11,13H2,1-5H3,(H,27,32)/t18-,20?/m0/s1. The van der Waals surface area contributed by atoms with Crippen LogP contribution in [0.5, 0.6) is 0 Å². The average Bonchev–Trinajstić information content (AvgIpc) is 3.25. The highest BCUT2D eigenvalue weighted by atomic mass is 32.2. The summed E-state index contributed by atoms with van der Waals surface area (Å²) >= 11 is 1.42. The third-order valence-electron chi connectivity index (χ3n) is 5.45. The number of aromatic nitrogens is 2. The van der Waals surface area contributed by atoms with Gasteiger partial charge in [-0.3, -0.25) is 4.79 Å². The number of methoxy groups -OCH3 is 1. The Kier molecular flexibility index (Phi) is 7.21.